The van der Waals surface area contributed by atoms with Gasteiger partial charge in [-0.3, -0.25) is 0 Å². The topological polar surface area (TPSA) is 26.5 Å². The third-order valence-electron chi connectivity index (χ3n) is 0.781. The van der Waals surface area contributed by atoms with E-state index in [9.17, 15) is 0 Å². The standard InChI is InChI=1S/C4H7N2.La/c1-4-5-2-3-6-4;/h2-3H2,1H3;/q-1;. The van der Waals surface area contributed by atoms with Crippen LogP contribution in [0.25, 0.3) is 5.32 Å². The fourth-order valence-corrected chi connectivity index (χ4v) is 0.474. The number of hydrogen-bond donors (Lipinski definition) is 0. The van der Waals surface area contributed by atoms with Gasteiger partial charge in [0.15, 0.2) is 0 Å². The minimum atomic E-state index is 0. The van der Waals surface area contributed by atoms with E-state index in [0.717, 1.165) is 18.9 Å². The molecule has 1 rings (SSSR count). The zero-order valence-electron chi connectivity index (χ0n) is 4.39. The number of nitrogens with zero attached hydrogens (tertiary/aromatic N) is 2. The first-order valence-electron chi connectivity index (χ1n) is 2.08. The van der Waals surface area contributed by atoms with E-state index < -0.39 is 0 Å². The Morgan fingerprint density at radius 1 is 1.71 bits per heavy atom. The first-order chi connectivity index (χ1) is 2.89. The molecule has 37 valence electrons. The third kappa shape index (κ3) is 2.47. The molecule has 0 unspecified atom stereocenters. The molecule has 3 heteroatoms. The molecule has 0 aromatic heterocycles. The number of rotatable bonds is 0. The van der Waals surface area contributed by atoms with Crippen LogP contribution in [0.4, 0.5) is 0 Å². The van der Waals surface area contributed by atoms with Crippen molar-refractivity contribution in [2.24, 2.45) is 4.99 Å². The maximum absolute atomic E-state index is 3.99. The molecule has 0 aromatic carbocycles. The Balaban J connectivity index is 0.000000360. The van der Waals surface area contributed by atoms with Gasteiger partial charge < -0.3 is 10.3 Å². The SMILES string of the molecule is CC1=NCC[N-]1.[La]. The molecule has 0 N–H and O–H groups in total. The van der Waals surface area contributed by atoms with E-state index in [0.29, 0.717) is 0 Å². The van der Waals surface area contributed by atoms with Gasteiger partial charge in [-0.25, -0.2) is 0 Å². The summed E-state index contributed by atoms with van der Waals surface area (Å²) in [6.07, 6.45) is 0. The van der Waals surface area contributed by atoms with Crippen LogP contribution in [-0.4, -0.2) is 18.9 Å². The second-order valence-corrected chi connectivity index (χ2v) is 1.31. The van der Waals surface area contributed by atoms with Crippen LogP contribution in [0.15, 0.2) is 4.99 Å². The first-order valence-corrected chi connectivity index (χ1v) is 2.08. The Morgan fingerprint density at radius 3 is 2.57 bits per heavy atom. The molecule has 0 atom stereocenters. The second-order valence-electron chi connectivity index (χ2n) is 1.31. The Labute approximate surface area is 71.4 Å². The summed E-state index contributed by atoms with van der Waals surface area (Å²) in [6, 6.07) is 0. The molecular formula is C4H7LaN2-. The van der Waals surface area contributed by atoms with E-state index in [4.69, 9.17) is 0 Å². The zero-order valence-corrected chi connectivity index (χ0v) is 8.01. The summed E-state index contributed by atoms with van der Waals surface area (Å²) >= 11 is 0. The van der Waals surface area contributed by atoms with Crippen molar-refractivity contribution in [1.29, 1.82) is 0 Å². The van der Waals surface area contributed by atoms with E-state index in [1.165, 1.54) is 0 Å². The van der Waals surface area contributed by atoms with Gasteiger partial charge in [0.05, 0.1) is 0 Å². The number of aliphatic imine (C=N–C) groups is 1. The average Bonchev–Trinajstić information content (AvgIpc) is 1.86. The van der Waals surface area contributed by atoms with Crippen LogP contribution in [0.5, 0.6) is 0 Å². The number of amidine groups is 1. The molecular weight excluding hydrogens is 215 g/mol. The van der Waals surface area contributed by atoms with Crippen LogP contribution in [0.3, 0.4) is 0 Å². The van der Waals surface area contributed by atoms with Crippen molar-refractivity contribution in [1.82, 2.24) is 0 Å². The summed E-state index contributed by atoms with van der Waals surface area (Å²) in [5, 5.41) is 3.99. The molecule has 0 spiro atoms. The second kappa shape index (κ2) is 3.64. The van der Waals surface area contributed by atoms with E-state index in [-0.39, 0.29) is 35.6 Å². The van der Waals surface area contributed by atoms with Gasteiger partial charge in [-0.1, -0.05) is 18.9 Å². The summed E-state index contributed by atoms with van der Waals surface area (Å²) < 4.78 is 0. The van der Waals surface area contributed by atoms with E-state index in [2.05, 4.69) is 10.3 Å². The predicted octanol–water partition coefficient (Wildman–Crippen LogP) is 0.792. The fourth-order valence-electron chi connectivity index (χ4n) is 0.474. The molecule has 0 fully saturated rings. The molecule has 1 radical (unpaired) electrons. The minimum Gasteiger partial charge on any atom is -0.470 e. The monoisotopic (exact) mass is 222 g/mol. The molecule has 0 aromatic rings. The van der Waals surface area contributed by atoms with Gasteiger partial charge in [0.1, 0.15) is 0 Å². The third-order valence-corrected chi connectivity index (χ3v) is 0.781. The Morgan fingerprint density at radius 2 is 2.43 bits per heavy atom. The van der Waals surface area contributed by atoms with Crippen molar-refractivity contribution in [3.05, 3.63) is 5.32 Å². The average molecular weight is 222 g/mol. The zero-order chi connectivity index (χ0) is 4.41. The van der Waals surface area contributed by atoms with Crippen molar-refractivity contribution in [3.63, 3.8) is 0 Å². The smallest absolute Gasteiger partial charge is 0 e. The van der Waals surface area contributed by atoms with E-state index in [1.807, 2.05) is 6.92 Å². The maximum atomic E-state index is 3.99. The Hall–Kier alpha value is 0.665. The molecule has 0 bridgehead atoms. The Kier molecular flexibility index (Phi) is 3.99. The molecule has 1 aliphatic heterocycles. The van der Waals surface area contributed by atoms with Gasteiger partial charge in [-0.05, 0) is 6.92 Å². The summed E-state index contributed by atoms with van der Waals surface area (Å²) in [7, 11) is 0. The van der Waals surface area contributed by atoms with Gasteiger partial charge in [0, 0.05) is 35.6 Å². The van der Waals surface area contributed by atoms with E-state index >= 15 is 0 Å². The van der Waals surface area contributed by atoms with Crippen molar-refractivity contribution in [3.8, 4) is 0 Å². The van der Waals surface area contributed by atoms with Crippen LogP contribution < -0.4 is 0 Å². The first kappa shape index (κ1) is 7.66. The fraction of sp³-hybridized carbons (Fsp3) is 0.750. The normalized spacial score (nSPS) is 17.0. The van der Waals surface area contributed by atoms with Crippen molar-refractivity contribution in [2.75, 3.05) is 13.1 Å². The molecule has 0 aliphatic carbocycles. The molecule has 0 saturated carbocycles. The van der Waals surface area contributed by atoms with Crippen LogP contribution >= 0.6 is 0 Å². The molecule has 0 saturated heterocycles. The quantitative estimate of drug-likeness (QED) is 0.579. The molecule has 7 heavy (non-hydrogen) atoms. The molecule has 1 aliphatic rings. The summed E-state index contributed by atoms with van der Waals surface area (Å²) in [4.78, 5) is 3.99. The van der Waals surface area contributed by atoms with Crippen molar-refractivity contribution in [2.45, 2.75) is 6.92 Å². The van der Waals surface area contributed by atoms with Crippen LogP contribution in [0.2, 0.25) is 0 Å². The van der Waals surface area contributed by atoms with Crippen LogP contribution in [-0.2, 0) is 0 Å². The molecule has 1 heterocycles. The van der Waals surface area contributed by atoms with Gasteiger partial charge in [-0.15, -0.1) is 0 Å². The van der Waals surface area contributed by atoms with Crippen LogP contribution in [0.1, 0.15) is 6.92 Å². The largest absolute Gasteiger partial charge is 0.470 e. The minimum absolute atomic E-state index is 0. The van der Waals surface area contributed by atoms with Gasteiger partial charge in [0.25, 0.3) is 0 Å². The molecule has 2 nitrogen and oxygen atoms in total. The Bertz CT molecular complexity index is 79.8. The van der Waals surface area contributed by atoms with Crippen LogP contribution in [0, 0.1) is 35.6 Å². The summed E-state index contributed by atoms with van der Waals surface area (Å²) in [6.45, 7) is 3.74. The summed E-state index contributed by atoms with van der Waals surface area (Å²) in [5.74, 6) is 0.954. The van der Waals surface area contributed by atoms with E-state index in [1.54, 1.807) is 0 Å². The van der Waals surface area contributed by atoms with Crippen molar-refractivity contribution < 1.29 is 35.6 Å². The number of hydrogen-bond acceptors (Lipinski definition) is 1. The van der Waals surface area contributed by atoms with Gasteiger partial charge in [-0.2, -0.15) is 0 Å². The molecule has 0 amide bonds. The van der Waals surface area contributed by atoms with Crippen molar-refractivity contribution >= 4 is 5.84 Å². The van der Waals surface area contributed by atoms with Gasteiger partial charge in [0.2, 0.25) is 0 Å². The maximum Gasteiger partial charge on any atom is 0 e. The predicted molar refractivity (Wildman–Crippen MR) is 26.2 cm³/mol. The van der Waals surface area contributed by atoms with Gasteiger partial charge >= 0.3 is 0 Å². The summed E-state index contributed by atoms with van der Waals surface area (Å²) in [5.41, 5.74) is 0.